The van der Waals surface area contributed by atoms with Gasteiger partial charge >= 0.3 is 0 Å². The summed E-state index contributed by atoms with van der Waals surface area (Å²) in [5.74, 6) is -0.160. The lowest BCUT2D eigenvalue weighted by Gasteiger charge is -2.10. The summed E-state index contributed by atoms with van der Waals surface area (Å²) in [7, 11) is 0. The Morgan fingerprint density at radius 3 is 2.58 bits per heavy atom. The highest BCUT2D eigenvalue weighted by Crippen LogP contribution is 2.22. The smallest absolute Gasteiger partial charge is 0.269 e. The zero-order valence-corrected chi connectivity index (χ0v) is 13.6. The van der Waals surface area contributed by atoms with Gasteiger partial charge in [0.15, 0.2) is 6.61 Å². The van der Waals surface area contributed by atoms with Crippen molar-refractivity contribution in [1.82, 2.24) is 4.57 Å². The van der Waals surface area contributed by atoms with Gasteiger partial charge in [-0.3, -0.25) is 14.2 Å². The monoisotopic (exact) mass is 322 g/mol. The van der Waals surface area contributed by atoms with Crippen molar-refractivity contribution >= 4 is 22.7 Å². The Bertz CT molecular complexity index is 941. The van der Waals surface area contributed by atoms with E-state index >= 15 is 0 Å². The molecule has 0 fully saturated rings. The van der Waals surface area contributed by atoms with E-state index < -0.39 is 5.91 Å². The zero-order chi connectivity index (χ0) is 17.3. The van der Waals surface area contributed by atoms with Crippen molar-refractivity contribution in [3.8, 4) is 5.75 Å². The third-order valence-electron chi connectivity index (χ3n) is 3.93. The van der Waals surface area contributed by atoms with Gasteiger partial charge in [-0.2, -0.15) is 0 Å². The molecule has 0 bridgehead atoms. The number of para-hydroxylation sites is 1. The van der Waals surface area contributed by atoms with Gasteiger partial charge in [0, 0.05) is 11.6 Å². The molecule has 3 aromatic rings. The first-order valence-electron chi connectivity index (χ1n) is 7.60. The normalized spacial score (nSPS) is 10.8. The van der Waals surface area contributed by atoms with Crippen molar-refractivity contribution in [1.29, 1.82) is 0 Å². The number of benzene rings is 2. The van der Waals surface area contributed by atoms with Crippen molar-refractivity contribution in [3.05, 3.63) is 65.4 Å². The number of nitrogens with zero attached hydrogens (tertiary/aromatic N) is 1. The number of primary amides is 1. The highest BCUT2D eigenvalue weighted by atomic mass is 16.5. The Morgan fingerprint density at radius 2 is 1.88 bits per heavy atom. The molecule has 5 heteroatoms. The number of aromatic nitrogens is 1. The summed E-state index contributed by atoms with van der Waals surface area (Å²) in [4.78, 5) is 24.1. The molecule has 1 heterocycles. The van der Waals surface area contributed by atoms with Crippen LogP contribution in [0.3, 0.4) is 0 Å². The maximum atomic E-state index is 12.5. The van der Waals surface area contributed by atoms with Gasteiger partial charge in [-0.25, -0.2) is 0 Å². The number of amides is 1. The average molecular weight is 322 g/mol. The van der Waals surface area contributed by atoms with Crippen LogP contribution in [-0.2, 0) is 0 Å². The number of hydrogen-bond donors (Lipinski definition) is 1. The Kier molecular flexibility index (Phi) is 4.08. The molecular formula is C19H18N2O3. The molecule has 0 aliphatic carbocycles. The average Bonchev–Trinajstić information content (AvgIpc) is 2.94. The standard InChI is InChI=1S/C19H18N2O3/c1-12-7-8-17(13(2)9-12)24-11-18(22)21-10-15(19(20)23)14-5-3-4-6-16(14)21/h3-10H,11H2,1-2H3,(H2,20,23). The Labute approximate surface area is 139 Å². The van der Waals surface area contributed by atoms with Crippen LogP contribution in [0, 0.1) is 13.8 Å². The maximum Gasteiger partial charge on any atom is 0.269 e. The molecule has 0 atom stereocenters. The van der Waals surface area contributed by atoms with Crippen LogP contribution in [0.2, 0.25) is 0 Å². The summed E-state index contributed by atoms with van der Waals surface area (Å²) in [6.45, 7) is 3.81. The van der Waals surface area contributed by atoms with Crippen LogP contribution in [0.5, 0.6) is 5.75 Å². The number of aryl methyl sites for hydroxylation is 2. The highest BCUT2D eigenvalue weighted by Gasteiger charge is 2.16. The summed E-state index contributed by atoms with van der Waals surface area (Å²) in [5, 5.41) is 0.657. The molecule has 3 rings (SSSR count). The van der Waals surface area contributed by atoms with Crippen LogP contribution < -0.4 is 10.5 Å². The zero-order valence-electron chi connectivity index (χ0n) is 13.6. The molecule has 24 heavy (non-hydrogen) atoms. The van der Waals surface area contributed by atoms with Crippen molar-refractivity contribution < 1.29 is 14.3 Å². The summed E-state index contributed by atoms with van der Waals surface area (Å²) < 4.78 is 7.06. The van der Waals surface area contributed by atoms with Gasteiger partial charge in [-0.15, -0.1) is 0 Å². The third kappa shape index (κ3) is 2.88. The molecule has 2 aromatic carbocycles. The summed E-state index contributed by atoms with van der Waals surface area (Å²) >= 11 is 0. The van der Waals surface area contributed by atoms with E-state index in [1.807, 2.05) is 38.1 Å². The number of carbonyl (C=O) groups excluding carboxylic acids is 2. The lowest BCUT2D eigenvalue weighted by atomic mass is 10.1. The number of nitrogens with two attached hydrogens (primary N) is 1. The first-order valence-corrected chi connectivity index (χ1v) is 7.60. The molecule has 122 valence electrons. The quantitative estimate of drug-likeness (QED) is 0.802. The van der Waals surface area contributed by atoms with Crippen LogP contribution in [-0.4, -0.2) is 23.0 Å². The summed E-state index contributed by atoms with van der Waals surface area (Å²) in [6, 6.07) is 12.9. The fourth-order valence-electron chi connectivity index (χ4n) is 2.75. The topological polar surface area (TPSA) is 74.3 Å². The van der Waals surface area contributed by atoms with Gasteiger partial charge in [0.2, 0.25) is 0 Å². The van der Waals surface area contributed by atoms with E-state index in [2.05, 4.69) is 0 Å². The Balaban J connectivity index is 1.88. The fraction of sp³-hybridized carbons (Fsp3) is 0.158. The fourth-order valence-corrected chi connectivity index (χ4v) is 2.75. The van der Waals surface area contributed by atoms with Gasteiger partial charge in [-0.05, 0) is 31.5 Å². The number of hydrogen-bond acceptors (Lipinski definition) is 3. The predicted octanol–water partition coefficient (Wildman–Crippen LogP) is 3.08. The van der Waals surface area contributed by atoms with E-state index in [9.17, 15) is 9.59 Å². The van der Waals surface area contributed by atoms with Crippen LogP contribution in [0.15, 0.2) is 48.7 Å². The van der Waals surface area contributed by atoms with E-state index in [0.717, 1.165) is 11.1 Å². The minimum atomic E-state index is -0.562. The molecule has 0 aliphatic rings. The predicted molar refractivity (Wildman–Crippen MR) is 92.5 cm³/mol. The van der Waals surface area contributed by atoms with Crippen molar-refractivity contribution in [2.45, 2.75) is 13.8 Å². The van der Waals surface area contributed by atoms with Crippen LogP contribution in [0.25, 0.3) is 10.9 Å². The minimum absolute atomic E-state index is 0.124. The number of rotatable bonds is 4. The molecule has 1 aromatic heterocycles. The van der Waals surface area contributed by atoms with Gasteiger partial charge in [0.25, 0.3) is 11.8 Å². The number of fused-ring (bicyclic) bond motifs is 1. The molecule has 2 N–H and O–H groups in total. The summed E-state index contributed by atoms with van der Waals surface area (Å²) in [5.41, 5.74) is 8.46. The number of ether oxygens (including phenoxy) is 1. The van der Waals surface area contributed by atoms with E-state index in [4.69, 9.17) is 10.5 Å². The molecule has 1 amide bonds. The first kappa shape index (κ1) is 15.8. The highest BCUT2D eigenvalue weighted by molar-refractivity contribution is 6.08. The Morgan fingerprint density at radius 1 is 1.12 bits per heavy atom. The lowest BCUT2D eigenvalue weighted by Crippen LogP contribution is -2.19. The third-order valence-corrected chi connectivity index (χ3v) is 3.93. The van der Waals surface area contributed by atoms with Gasteiger partial charge in [-0.1, -0.05) is 35.9 Å². The van der Waals surface area contributed by atoms with E-state index in [1.165, 1.54) is 10.8 Å². The minimum Gasteiger partial charge on any atom is -0.483 e. The second kappa shape index (κ2) is 6.20. The second-order valence-electron chi connectivity index (χ2n) is 5.75. The molecule has 0 spiro atoms. The maximum absolute atomic E-state index is 12.5. The van der Waals surface area contributed by atoms with E-state index in [0.29, 0.717) is 22.2 Å². The van der Waals surface area contributed by atoms with Gasteiger partial charge in [0.05, 0.1) is 11.1 Å². The van der Waals surface area contributed by atoms with Crippen molar-refractivity contribution in [3.63, 3.8) is 0 Å². The SMILES string of the molecule is Cc1ccc(OCC(=O)n2cc(C(N)=O)c3ccccc32)c(C)c1. The van der Waals surface area contributed by atoms with Crippen molar-refractivity contribution in [2.75, 3.05) is 6.61 Å². The molecule has 0 saturated carbocycles. The molecule has 0 saturated heterocycles. The largest absolute Gasteiger partial charge is 0.483 e. The van der Waals surface area contributed by atoms with Crippen LogP contribution in [0.4, 0.5) is 0 Å². The van der Waals surface area contributed by atoms with Crippen LogP contribution >= 0.6 is 0 Å². The van der Waals surface area contributed by atoms with Crippen LogP contribution in [0.1, 0.15) is 26.3 Å². The second-order valence-corrected chi connectivity index (χ2v) is 5.75. The summed E-state index contributed by atoms with van der Waals surface area (Å²) in [6.07, 6.45) is 1.47. The van der Waals surface area contributed by atoms with E-state index in [1.54, 1.807) is 18.2 Å². The van der Waals surface area contributed by atoms with E-state index in [-0.39, 0.29) is 12.5 Å². The van der Waals surface area contributed by atoms with Gasteiger partial charge in [0.1, 0.15) is 5.75 Å². The first-order chi connectivity index (χ1) is 11.5. The van der Waals surface area contributed by atoms with Crippen molar-refractivity contribution in [2.24, 2.45) is 5.73 Å². The number of carbonyl (C=O) groups is 2. The Hall–Kier alpha value is -3.08. The molecule has 0 radical (unpaired) electrons. The molecule has 5 nitrogen and oxygen atoms in total. The van der Waals surface area contributed by atoms with Gasteiger partial charge < -0.3 is 10.5 Å². The molecule has 0 unspecified atom stereocenters. The lowest BCUT2D eigenvalue weighted by molar-refractivity contribution is 0.0842. The molecular weight excluding hydrogens is 304 g/mol. The molecule has 0 aliphatic heterocycles.